The van der Waals surface area contributed by atoms with Crippen molar-refractivity contribution in [3.05, 3.63) is 33.8 Å². The van der Waals surface area contributed by atoms with Crippen LogP contribution in [0, 0.1) is 18.3 Å². The Labute approximate surface area is 129 Å². The van der Waals surface area contributed by atoms with Gasteiger partial charge < -0.3 is 5.11 Å². The third kappa shape index (κ3) is 2.91. The zero-order chi connectivity index (χ0) is 14.9. The van der Waals surface area contributed by atoms with Crippen LogP contribution in [0.15, 0.2) is 22.7 Å². The summed E-state index contributed by atoms with van der Waals surface area (Å²) in [4.78, 5) is 13.9. The van der Waals surface area contributed by atoms with Gasteiger partial charge in [-0.2, -0.15) is 0 Å². The molecule has 1 aromatic carbocycles. The molecule has 1 N–H and O–H groups in total. The van der Waals surface area contributed by atoms with Crippen molar-refractivity contribution >= 4 is 21.9 Å². The molecule has 0 aliphatic carbocycles. The van der Waals surface area contributed by atoms with E-state index in [0.29, 0.717) is 6.54 Å². The van der Waals surface area contributed by atoms with Crippen LogP contribution < -0.4 is 0 Å². The van der Waals surface area contributed by atoms with Crippen LogP contribution in [0.5, 0.6) is 0 Å². The lowest BCUT2D eigenvalue weighted by Gasteiger charge is -2.29. The molecule has 1 atom stereocenters. The van der Waals surface area contributed by atoms with Crippen LogP contribution in [-0.2, 0) is 11.3 Å². The molecule has 4 heteroatoms. The molecule has 2 rings (SSSR count). The number of hydrogen-bond acceptors (Lipinski definition) is 2. The van der Waals surface area contributed by atoms with Crippen LogP contribution in [0.3, 0.4) is 0 Å². The maximum Gasteiger partial charge on any atom is 0.311 e. The van der Waals surface area contributed by atoms with Gasteiger partial charge in [0.2, 0.25) is 0 Å². The summed E-state index contributed by atoms with van der Waals surface area (Å²) in [5, 5.41) is 9.57. The van der Waals surface area contributed by atoms with Gasteiger partial charge in [0.1, 0.15) is 0 Å². The largest absolute Gasteiger partial charge is 0.481 e. The number of nitrogens with zero attached hydrogens (tertiary/aromatic N) is 1. The second kappa shape index (κ2) is 5.86. The van der Waals surface area contributed by atoms with E-state index < -0.39 is 11.4 Å². The predicted molar refractivity (Wildman–Crippen MR) is 83.7 cm³/mol. The quantitative estimate of drug-likeness (QED) is 0.909. The molecule has 20 heavy (non-hydrogen) atoms. The highest BCUT2D eigenvalue weighted by Gasteiger charge is 2.47. The highest BCUT2D eigenvalue weighted by atomic mass is 79.9. The number of halogens is 1. The Morgan fingerprint density at radius 2 is 2.20 bits per heavy atom. The second-order valence-electron chi connectivity index (χ2n) is 6.17. The molecular weight excluding hydrogens is 318 g/mol. The maximum absolute atomic E-state index is 11.6. The number of carboxylic acid groups (broad SMARTS) is 1. The minimum absolute atomic E-state index is 0.159. The number of aliphatic carboxylic acids is 1. The van der Waals surface area contributed by atoms with E-state index in [1.807, 2.05) is 13.8 Å². The summed E-state index contributed by atoms with van der Waals surface area (Å²) in [6.07, 6.45) is 0.740. The number of aryl methyl sites for hydroxylation is 1. The van der Waals surface area contributed by atoms with Gasteiger partial charge in [-0.3, -0.25) is 9.69 Å². The summed E-state index contributed by atoms with van der Waals surface area (Å²) in [6.45, 7) is 8.39. The van der Waals surface area contributed by atoms with E-state index in [1.54, 1.807) is 0 Å². The molecule has 0 radical (unpaired) electrons. The minimum atomic E-state index is -0.655. The number of benzene rings is 1. The first-order chi connectivity index (χ1) is 9.35. The molecule has 1 unspecified atom stereocenters. The maximum atomic E-state index is 11.6. The van der Waals surface area contributed by atoms with E-state index in [9.17, 15) is 9.90 Å². The molecule has 0 aromatic heterocycles. The average Bonchev–Trinajstić information content (AvgIpc) is 2.78. The lowest BCUT2D eigenvalue weighted by molar-refractivity contribution is -0.151. The first kappa shape index (κ1) is 15.5. The SMILES string of the molecule is Cc1ccc(CN2CCC(C(=O)O)(C(C)C)C2)c(Br)c1. The molecule has 1 aliphatic rings. The molecule has 0 spiro atoms. The molecule has 1 heterocycles. The Morgan fingerprint density at radius 3 is 2.70 bits per heavy atom. The zero-order valence-electron chi connectivity index (χ0n) is 12.3. The molecule has 0 saturated carbocycles. The summed E-state index contributed by atoms with van der Waals surface area (Å²) >= 11 is 3.60. The van der Waals surface area contributed by atoms with E-state index >= 15 is 0 Å². The molecule has 1 aliphatic heterocycles. The van der Waals surface area contributed by atoms with Gasteiger partial charge in [0, 0.05) is 17.6 Å². The van der Waals surface area contributed by atoms with Crippen molar-refractivity contribution in [2.75, 3.05) is 13.1 Å². The number of rotatable bonds is 4. The molecular formula is C16H22BrNO2. The molecule has 0 bridgehead atoms. The summed E-state index contributed by atoms with van der Waals surface area (Å²) in [5.41, 5.74) is 1.86. The fourth-order valence-electron chi connectivity index (χ4n) is 2.96. The number of carbonyl (C=O) groups is 1. The predicted octanol–water partition coefficient (Wildman–Crippen LogP) is 3.69. The average molecular weight is 340 g/mol. The lowest BCUT2D eigenvalue weighted by Crippen LogP contribution is -2.39. The van der Waals surface area contributed by atoms with E-state index in [-0.39, 0.29) is 5.92 Å². The van der Waals surface area contributed by atoms with E-state index in [0.717, 1.165) is 24.0 Å². The highest BCUT2D eigenvalue weighted by Crippen LogP contribution is 2.39. The Morgan fingerprint density at radius 1 is 1.50 bits per heavy atom. The van der Waals surface area contributed by atoms with E-state index in [2.05, 4.69) is 46.0 Å². The Kier molecular flexibility index (Phi) is 4.55. The molecule has 110 valence electrons. The molecule has 3 nitrogen and oxygen atoms in total. The van der Waals surface area contributed by atoms with Gasteiger partial charge in [0.15, 0.2) is 0 Å². The number of carboxylic acids is 1. The molecule has 1 fully saturated rings. The lowest BCUT2D eigenvalue weighted by atomic mass is 9.76. The van der Waals surface area contributed by atoms with Gasteiger partial charge in [-0.15, -0.1) is 0 Å². The third-order valence-electron chi connectivity index (χ3n) is 4.51. The van der Waals surface area contributed by atoms with Crippen molar-refractivity contribution < 1.29 is 9.90 Å². The summed E-state index contributed by atoms with van der Waals surface area (Å²) in [7, 11) is 0. The molecule has 0 amide bonds. The van der Waals surface area contributed by atoms with Crippen LogP contribution >= 0.6 is 15.9 Å². The van der Waals surface area contributed by atoms with Crippen molar-refractivity contribution in [2.45, 2.75) is 33.7 Å². The standard InChI is InChI=1S/C16H22BrNO2/c1-11(2)16(15(19)20)6-7-18(10-16)9-13-5-4-12(3)8-14(13)17/h4-5,8,11H,6-7,9-10H2,1-3H3,(H,19,20). The highest BCUT2D eigenvalue weighted by molar-refractivity contribution is 9.10. The molecule has 1 aromatic rings. The first-order valence-corrected chi connectivity index (χ1v) is 7.85. The first-order valence-electron chi connectivity index (χ1n) is 7.06. The van der Waals surface area contributed by atoms with Gasteiger partial charge in [-0.05, 0) is 43.0 Å². The topological polar surface area (TPSA) is 40.5 Å². The van der Waals surface area contributed by atoms with Crippen LogP contribution in [0.4, 0.5) is 0 Å². The van der Waals surface area contributed by atoms with Crippen molar-refractivity contribution in [3.63, 3.8) is 0 Å². The minimum Gasteiger partial charge on any atom is -0.481 e. The number of likely N-dealkylation sites (tertiary alicyclic amines) is 1. The summed E-state index contributed by atoms with van der Waals surface area (Å²) in [6, 6.07) is 6.33. The van der Waals surface area contributed by atoms with Gasteiger partial charge in [-0.1, -0.05) is 41.9 Å². The fourth-order valence-corrected chi connectivity index (χ4v) is 3.58. The Hall–Kier alpha value is -0.870. The van der Waals surface area contributed by atoms with Crippen LogP contribution in [-0.4, -0.2) is 29.1 Å². The Bertz CT molecular complexity index is 515. The number of hydrogen-bond donors (Lipinski definition) is 1. The third-order valence-corrected chi connectivity index (χ3v) is 5.25. The van der Waals surface area contributed by atoms with Crippen LogP contribution in [0.2, 0.25) is 0 Å². The monoisotopic (exact) mass is 339 g/mol. The van der Waals surface area contributed by atoms with Crippen molar-refractivity contribution in [2.24, 2.45) is 11.3 Å². The van der Waals surface area contributed by atoms with E-state index in [1.165, 1.54) is 11.1 Å². The summed E-state index contributed by atoms with van der Waals surface area (Å²) < 4.78 is 1.11. The van der Waals surface area contributed by atoms with Crippen molar-refractivity contribution in [3.8, 4) is 0 Å². The van der Waals surface area contributed by atoms with Gasteiger partial charge in [0.05, 0.1) is 5.41 Å². The van der Waals surface area contributed by atoms with E-state index in [4.69, 9.17) is 0 Å². The van der Waals surface area contributed by atoms with Crippen LogP contribution in [0.1, 0.15) is 31.4 Å². The Balaban J connectivity index is 2.11. The van der Waals surface area contributed by atoms with Crippen molar-refractivity contribution in [1.29, 1.82) is 0 Å². The molecule has 1 saturated heterocycles. The van der Waals surface area contributed by atoms with Gasteiger partial charge in [-0.25, -0.2) is 0 Å². The zero-order valence-corrected chi connectivity index (χ0v) is 13.9. The second-order valence-corrected chi connectivity index (χ2v) is 7.03. The summed E-state index contributed by atoms with van der Waals surface area (Å²) in [5.74, 6) is -0.496. The smallest absolute Gasteiger partial charge is 0.311 e. The van der Waals surface area contributed by atoms with Crippen LogP contribution in [0.25, 0.3) is 0 Å². The fraction of sp³-hybridized carbons (Fsp3) is 0.562. The van der Waals surface area contributed by atoms with Gasteiger partial charge in [0.25, 0.3) is 0 Å². The van der Waals surface area contributed by atoms with Gasteiger partial charge >= 0.3 is 5.97 Å². The van der Waals surface area contributed by atoms with Crippen molar-refractivity contribution in [1.82, 2.24) is 4.90 Å². The normalized spacial score (nSPS) is 23.4.